The van der Waals surface area contributed by atoms with Crippen molar-refractivity contribution in [1.82, 2.24) is 20.1 Å². The van der Waals surface area contributed by atoms with Gasteiger partial charge in [0.2, 0.25) is 5.91 Å². The lowest BCUT2D eigenvalue weighted by Gasteiger charge is -2.19. The van der Waals surface area contributed by atoms with Gasteiger partial charge in [-0.3, -0.25) is 9.48 Å². The van der Waals surface area contributed by atoms with Crippen molar-refractivity contribution in [2.75, 3.05) is 5.75 Å². The fourth-order valence-electron chi connectivity index (χ4n) is 2.59. The van der Waals surface area contributed by atoms with E-state index in [1.54, 1.807) is 22.8 Å². The summed E-state index contributed by atoms with van der Waals surface area (Å²) in [4.78, 5) is 17.6. The van der Waals surface area contributed by atoms with Crippen molar-refractivity contribution >= 4 is 33.6 Å². The molecule has 1 unspecified atom stereocenters. The number of rotatable bonds is 7. The van der Waals surface area contributed by atoms with Crippen molar-refractivity contribution in [1.29, 1.82) is 0 Å². The molecule has 0 aliphatic carbocycles. The van der Waals surface area contributed by atoms with Gasteiger partial charge in [0, 0.05) is 9.37 Å². The minimum Gasteiger partial charge on any atom is -0.347 e. The van der Waals surface area contributed by atoms with Crippen LogP contribution in [0.25, 0.3) is 0 Å². The van der Waals surface area contributed by atoms with Crippen LogP contribution in [0.5, 0.6) is 0 Å². The van der Waals surface area contributed by atoms with Crippen molar-refractivity contribution < 1.29 is 4.79 Å². The zero-order valence-corrected chi connectivity index (χ0v) is 16.7. The lowest BCUT2D eigenvalue weighted by Crippen LogP contribution is -2.32. The number of benzene rings is 2. The highest BCUT2D eigenvalue weighted by atomic mass is 79.9. The van der Waals surface area contributed by atoms with Crippen LogP contribution in [-0.2, 0) is 11.3 Å². The molecule has 2 aromatic carbocycles. The van der Waals surface area contributed by atoms with Gasteiger partial charge in [-0.05, 0) is 36.2 Å². The molecule has 0 bridgehead atoms. The molecule has 1 aromatic heterocycles. The Morgan fingerprint density at radius 1 is 1.27 bits per heavy atom. The number of thioether (sulfide) groups is 1. The van der Waals surface area contributed by atoms with Crippen LogP contribution in [0.1, 0.15) is 17.2 Å². The molecule has 0 aliphatic heterocycles. The summed E-state index contributed by atoms with van der Waals surface area (Å²) in [5.74, 6) is 0.356. The third kappa shape index (κ3) is 5.19. The number of nitrogens with zero attached hydrogens (tertiary/aromatic N) is 3. The largest absolute Gasteiger partial charge is 0.347 e. The molecule has 3 rings (SSSR count). The van der Waals surface area contributed by atoms with Gasteiger partial charge < -0.3 is 5.32 Å². The average Bonchev–Trinajstić information content (AvgIpc) is 3.14. The van der Waals surface area contributed by atoms with Gasteiger partial charge in [-0.1, -0.05) is 46.3 Å². The van der Waals surface area contributed by atoms with Crippen molar-refractivity contribution in [3.8, 4) is 0 Å². The number of carbonyl (C=O) groups is 1. The highest BCUT2D eigenvalue weighted by Crippen LogP contribution is 2.25. The number of hydrogen-bond donors (Lipinski definition) is 1. The molecular weight excluding hydrogens is 412 g/mol. The predicted molar refractivity (Wildman–Crippen MR) is 107 cm³/mol. The second-order valence-electron chi connectivity index (χ2n) is 5.85. The maximum atomic E-state index is 12.5. The number of nitrogens with one attached hydrogen (secondary N) is 1. The van der Waals surface area contributed by atoms with E-state index < -0.39 is 0 Å². The zero-order valence-electron chi connectivity index (χ0n) is 14.3. The Hall–Kier alpha value is -2.12. The molecular formula is C19H19BrN4OS. The SMILES string of the molecule is Cc1cc(Br)ccc1SCC(=O)NC(Cn1cncn1)c1ccccc1. The first kappa shape index (κ1) is 18.7. The van der Waals surface area contributed by atoms with E-state index in [4.69, 9.17) is 0 Å². The molecule has 0 saturated carbocycles. The van der Waals surface area contributed by atoms with Gasteiger partial charge in [0.15, 0.2) is 0 Å². The summed E-state index contributed by atoms with van der Waals surface area (Å²) in [6.07, 6.45) is 3.15. The molecule has 5 nitrogen and oxygen atoms in total. The van der Waals surface area contributed by atoms with E-state index in [-0.39, 0.29) is 11.9 Å². The number of halogens is 1. The quantitative estimate of drug-likeness (QED) is 0.575. The minimum absolute atomic E-state index is 0.00807. The van der Waals surface area contributed by atoms with Crippen LogP contribution >= 0.6 is 27.7 Å². The Bertz CT molecular complexity index is 855. The van der Waals surface area contributed by atoms with E-state index in [1.165, 1.54) is 6.33 Å². The molecule has 134 valence electrons. The van der Waals surface area contributed by atoms with Crippen LogP contribution in [0.2, 0.25) is 0 Å². The Labute approximate surface area is 165 Å². The van der Waals surface area contributed by atoms with E-state index in [2.05, 4.69) is 37.4 Å². The van der Waals surface area contributed by atoms with Crippen LogP contribution < -0.4 is 5.32 Å². The van der Waals surface area contributed by atoms with Gasteiger partial charge in [-0.15, -0.1) is 11.8 Å². The van der Waals surface area contributed by atoms with E-state index in [1.807, 2.05) is 49.4 Å². The minimum atomic E-state index is -0.156. The van der Waals surface area contributed by atoms with Crippen molar-refractivity contribution in [3.63, 3.8) is 0 Å². The molecule has 26 heavy (non-hydrogen) atoms. The van der Waals surface area contributed by atoms with E-state index >= 15 is 0 Å². The van der Waals surface area contributed by atoms with Crippen LogP contribution in [0, 0.1) is 6.92 Å². The first-order valence-corrected chi connectivity index (χ1v) is 9.95. The second kappa shape index (κ2) is 9.00. The highest BCUT2D eigenvalue weighted by molar-refractivity contribution is 9.10. The summed E-state index contributed by atoms with van der Waals surface area (Å²) in [5.41, 5.74) is 2.19. The number of amides is 1. The molecule has 1 N–H and O–H groups in total. The van der Waals surface area contributed by atoms with Gasteiger partial charge in [0.1, 0.15) is 12.7 Å². The molecule has 1 amide bonds. The van der Waals surface area contributed by atoms with Gasteiger partial charge in [-0.2, -0.15) is 5.10 Å². The maximum absolute atomic E-state index is 12.5. The van der Waals surface area contributed by atoms with Crippen molar-refractivity contribution in [2.45, 2.75) is 24.4 Å². The summed E-state index contributed by atoms with van der Waals surface area (Å²) in [7, 11) is 0. The summed E-state index contributed by atoms with van der Waals surface area (Å²) in [5, 5.41) is 7.26. The topological polar surface area (TPSA) is 59.8 Å². The maximum Gasteiger partial charge on any atom is 0.230 e. The van der Waals surface area contributed by atoms with E-state index in [0.29, 0.717) is 12.3 Å². The molecule has 0 aliphatic rings. The molecule has 7 heteroatoms. The number of aromatic nitrogens is 3. The van der Waals surface area contributed by atoms with Crippen LogP contribution in [0.15, 0.2) is 70.6 Å². The molecule has 0 saturated heterocycles. The molecule has 0 spiro atoms. The Morgan fingerprint density at radius 2 is 2.08 bits per heavy atom. The Morgan fingerprint density at radius 3 is 2.77 bits per heavy atom. The van der Waals surface area contributed by atoms with Crippen LogP contribution in [-0.4, -0.2) is 26.4 Å². The summed E-state index contributed by atoms with van der Waals surface area (Å²) >= 11 is 5.00. The average molecular weight is 431 g/mol. The first-order chi connectivity index (χ1) is 12.6. The molecule has 1 atom stereocenters. The fourth-order valence-corrected chi connectivity index (χ4v) is 3.88. The van der Waals surface area contributed by atoms with Crippen LogP contribution in [0.3, 0.4) is 0 Å². The predicted octanol–water partition coefficient (Wildman–Crippen LogP) is 4.00. The van der Waals surface area contributed by atoms with E-state index in [9.17, 15) is 4.79 Å². The molecule has 1 heterocycles. The number of carbonyl (C=O) groups excluding carboxylic acids is 1. The lowest BCUT2D eigenvalue weighted by molar-refractivity contribution is -0.119. The van der Waals surface area contributed by atoms with Gasteiger partial charge >= 0.3 is 0 Å². The second-order valence-corrected chi connectivity index (χ2v) is 7.78. The fraction of sp³-hybridized carbons (Fsp3) is 0.211. The number of hydrogen-bond acceptors (Lipinski definition) is 4. The molecule has 3 aromatic rings. The monoisotopic (exact) mass is 430 g/mol. The normalized spacial score (nSPS) is 11.9. The van der Waals surface area contributed by atoms with Crippen molar-refractivity contribution in [3.05, 3.63) is 76.8 Å². The van der Waals surface area contributed by atoms with Gasteiger partial charge in [-0.25, -0.2) is 4.98 Å². The van der Waals surface area contributed by atoms with Crippen molar-refractivity contribution in [2.24, 2.45) is 0 Å². The highest BCUT2D eigenvalue weighted by Gasteiger charge is 2.16. The summed E-state index contributed by atoms with van der Waals surface area (Å²) < 4.78 is 2.77. The Kier molecular flexibility index (Phi) is 6.46. The summed E-state index contributed by atoms with van der Waals surface area (Å²) in [6, 6.07) is 15.8. The smallest absolute Gasteiger partial charge is 0.230 e. The number of aryl methyl sites for hydroxylation is 1. The zero-order chi connectivity index (χ0) is 18.4. The van der Waals surface area contributed by atoms with Gasteiger partial charge in [0.05, 0.1) is 18.3 Å². The Balaban J connectivity index is 1.65. The van der Waals surface area contributed by atoms with Crippen LogP contribution in [0.4, 0.5) is 0 Å². The lowest BCUT2D eigenvalue weighted by atomic mass is 10.1. The summed E-state index contributed by atoms with van der Waals surface area (Å²) in [6.45, 7) is 2.58. The molecule has 0 fully saturated rings. The van der Waals surface area contributed by atoms with E-state index in [0.717, 1.165) is 20.5 Å². The standard InChI is InChI=1S/C19H19BrN4OS/c1-14-9-16(20)7-8-18(14)26-11-19(25)23-17(10-24-13-21-12-22-24)15-5-3-2-4-6-15/h2-9,12-13,17H,10-11H2,1H3,(H,23,25). The van der Waals surface area contributed by atoms with Gasteiger partial charge in [0.25, 0.3) is 0 Å². The third-order valence-electron chi connectivity index (χ3n) is 3.87. The third-order valence-corrected chi connectivity index (χ3v) is 5.54. The first-order valence-electron chi connectivity index (χ1n) is 8.17. The molecule has 0 radical (unpaired) electrons.